The Hall–Kier alpha value is -0.370. The van der Waals surface area contributed by atoms with Crippen LogP contribution in [0.3, 0.4) is 0 Å². The van der Waals surface area contributed by atoms with Gasteiger partial charge in [-0.15, -0.1) is 0 Å². The zero-order valence-electron chi connectivity index (χ0n) is 13.3. The van der Waals surface area contributed by atoms with E-state index in [-0.39, 0.29) is 11.9 Å². The second kappa shape index (κ2) is 8.14. The van der Waals surface area contributed by atoms with Crippen LogP contribution >= 0.6 is 47.8 Å². The van der Waals surface area contributed by atoms with Crippen LogP contribution in [0.25, 0.3) is 6.08 Å². The summed E-state index contributed by atoms with van der Waals surface area (Å²) in [6, 6.07) is 1.90. The van der Waals surface area contributed by atoms with Gasteiger partial charge in [-0.2, -0.15) is 0 Å². The van der Waals surface area contributed by atoms with Crippen molar-refractivity contribution in [2.24, 2.45) is 0 Å². The summed E-state index contributed by atoms with van der Waals surface area (Å²) in [4.78, 5) is 16.3. The Labute approximate surface area is 162 Å². The van der Waals surface area contributed by atoms with Crippen LogP contribution in [0.2, 0.25) is 0 Å². The van der Waals surface area contributed by atoms with Crippen molar-refractivity contribution in [2.45, 2.75) is 18.9 Å². The van der Waals surface area contributed by atoms with Crippen LogP contribution in [0, 0.1) is 0 Å². The van der Waals surface area contributed by atoms with Gasteiger partial charge in [0.25, 0.3) is 0 Å². The van der Waals surface area contributed by atoms with Crippen molar-refractivity contribution in [1.29, 1.82) is 0 Å². The van der Waals surface area contributed by atoms with Crippen molar-refractivity contribution in [1.82, 2.24) is 9.80 Å². The Bertz CT molecular complexity index is 634. The number of ether oxygens (including phenoxy) is 1. The molecule has 0 bridgehead atoms. The molecule has 1 atom stereocenters. The van der Waals surface area contributed by atoms with E-state index in [0.29, 0.717) is 0 Å². The number of nitrogens with zero attached hydrogens (tertiary/aromatic N) is 2. The summed E-state index contributed by atoms with van der Waals surface area (Å²) in [7, 11) is 5.42. The molecule has 0 saturated carbocycles. The van der Waals surface area contributed by atoms with Gasteiger partial charge in [-0.3, -0.25) is 9.69 Å². The van der Waals surface area contributed by atoms with E-state index in [0.717, 1.165) is 44.1 Å². The molecule has 0 aliphatic carbocycles. The standard InChI is InChI=1S/C16H19Br3N2O2/c1-20-7-4-5-11(20)16(22)21(2)8-6-10-9-12(23-3)14(18)15(19)13(10)17/h6,8-9,11H,4-5,7H2,1-3H3. The number of hydrogen-bond acceptors (Lipinski definition) is 3. The molecule has 126 valence electrons. The molecule has 23 heavy (non-hydrogen) atoms. The van der Waals surface area contributed by atoms with Gasteiger partial charge in [0.2, 0.25) is 5.91 Å². The molecule has 1 amide bonds. The van der Waals surface area contributed by atoms with Crippen LogP contribution in [0.15, 0.2) is 25.7 Å². The van der Waals surface area contributed by atoms with E-state index < -0.39 is 0 Å². The molecule has 4 nitrogen and oxygen atoms in total. The molecule has 0 aromatic heterocycles. The second-order valence-corrected chi connectivity index (χ2v) is 7.89. The van der Waals surface area contributed by atoms with E-state index in [2.05, 4.69) is 52.7 Å². The van der Waals surface area contributed by atoms with E-state index in [1.165, 1.54) is 0 Å². The highest BCUT2D eigenvalue weighted by Gasteiger charge is 2.29. The predicted octanol–water partition coefficient (Wildman–Crippen LogP) is 4.51. The molecule has 1 saturated heterocycles. The van der Waals surface area contributed by atoms with Crippen molar-refractivity contribution < 1.29 is 9.53 Å². The smallest absolute Gasteiger partial charge is 0.243 e. The van der Waals surface area contributed by atoms with Crippen molar-refractivity contribution in [2.75, 3.05) is 27.7 Å². The third-order valence-electron chi connectivity index (χ3n) is 3.99. The number of carbonyl (C=O) groups excluding carboxylic acids is 1. The summed E-state index contributed by atoms with van der Waals surface area (Å²) in [6.07, 6.45) is 5.70. The summed E-state index contributed by atoms with van der Waals surface area (Å²) in [5, 5.41) is 0. The Kier molecular flexibility index (Phi) is 6.71. The average molecular weight is 511 g/mol. The number of rotatable bonds is 4. The second-order valence-electron chi connectivity index (χ2n) is 5.51. The van der Waals surface area contributed by atoms with Gasteiger partial charge in [0.1, 0.15) is 5.75 Å². The minimum atomic E-state index is -0.0146. The van der Waals surface area contributed by atoms with Crippen LogP contribution in [0.4, 0.5) is 0 Å². The molecule has 0 N–H and O–H groups in total. The first-order chi connectivity index (χ1) is 10.9. The molecule has 0 radical (unpaired) electrons. The lowest BCUT2D eigenvalue weighted by molar-refractivity contribution is -0.131. The van der Waals surface area contributed by atoms with E-state index in [1.54, 1.807) is 25.3 Å². The molecule has 0 spiro atoms. The molecule has 2 rings (SSSR count). The number of halogens is 3. The Balaban J connectivity index is 2.19. The lowest BCUT2D eigenvalue weighted by atomic mass is 10.2. The number of likely N-dealkylation sites (tertiary alicyclic amines) is 1. The first kappa shape index (κ1) is 19.0. The lowest BCUT2D eigenvalue weighted by Gasteiger charge is -2.22. The van der Waals surface area contributed by atoms with Gasteiger partial charge >= 0.3 is 0 Å². The monoisotopic (exact) mass is 508 g/mol. The molecule has 1 unspecified atom stereocenters. The fourth-order valence-corrected chi connectivity index (χ4v) is 4.20. The maximum Gasteiger partial charge on any atom is 0.243 e. The number of benzene rings is 1. The fraction of sp³-hybridized carbons (Fsp3) is 0.438. The first-order valence-corrected chi connectivity index (χ1v) is 9.61. The molecular formula is C16H19Br3N2O2. The Morgan fingerprint density at radius 2 is 2.04 bits per heavy atom. The van der Waals surface area contributed by atoms with Crippen molar-refractivity contribution in [3.8, 4) is 5.75 Å². The van der Waals surface area contributed by atoms with Crippen LogP contribution in [-0.4, -0.2) is 49.5 Å². The van der Waals surface area contributed by atoms with Gasteiger partial charge in [-0.1, -0.05) is 0 Å². The van der Waals surface area contributed by atoms with Gasteiger partial charge in [0.05, 0.1) is 22.1 Å². The third kappa shape index (κ3) is 4.18. The summed E-state index contributed by atoms with van der Waals surface area (Å²) < 4.78 is 7.98. The Morgan fingerprint density at radius 3 is 2.61 bits per heavy atom. The maximum absolute atomic E-state index is 12.5. The fourth-order valence-electron chi connectivity index (χ4n) is 2.59. The van der Waals surface area contributed by atoms with Crippen molar-refractivity contribution >= 4 is 59.8 Å². The van der Waals surface area contributed by atoms with Crippen LogP contribution < -0.4 is 4.74 Å². The molecular weight excluding hydrogens is 492 g/mol. The number of hydrogen-bond donors (Lipinski definition) is 0. The minimum Gasteiger partial charge on any atom is -0.496 e. The minimum absolute atomic E-state index is 0.0146. The van der Waals surface area contributed by atoms with Crippen LogP contribution in [0.5, 0.6) is 5.75 Å². The topological polar surface area (TPSA) is 32.8 Å². The summed E-state index contributed by atoms with van der Waals surface area (Å²) in [5.41, 5.74) is 0.927. The van der Waals surface area contributed by atoms with Gasteiger partial charge in [-0.05, 0) is 91.9 Å². The molecule has 1 heterocycles. The first-order valence-electron chi connectivity index (χ1n) is 7.23. The zero-order chi connectivity index (χ0) is 17.1. The van der Waals surface area contributed by atoms with Crippen LogP contribution in [-0.2, 0) is 4.79 Å². The molecule has 1 aromatic rings. The van der Waals surface area contributed by atoms with Crippen LogP contribution in [0.1, 0.15) is 18.4 Å². The molecule has 1 aliphatic heterocycles. The molecule has 7 heteroatoms. The van der Waals surface area contributed by atoms with Gasteiger partial charge in [0, 0.05) is 17.7 Å². The molecule has 1 fully saturated rings. The average Bonchev–Trinajstić information content (AvgIpc) is 2.97. The van der Waals surface area contributed by atoms with Gasteiger partial charge < -0.3 is 9.64 Å². The molecule has 1 aromatic carbocycles. The highest BCUT2D eigenvalue weighted by atomic mass is 79.9. The lowest BCUT2D eigenvalue weighted by Crippen LogP contribution is -2.40. The van der Waals surface area contributed by atoms with E-state index in [9.17, 15) is 4.79 Å². The predicted molar refractivity (Wildman–Crippen MR) is 104 cm³/mol. The highest BCUT2D eigenvalue weighted by molar-refractivity contribution is 9.14. The number of carbonyl (C=O) groups is 1. The normalized spacial score (nSPS) is 18.6. The van der Waals surface area contributed by atoms with Crippen molar-refractivity contribution in [3.63, 3.8) is 0 Å². The Morgan fingerprint density at radius 1 is 1.35 bits per heavy atom. The zero-order valence-corrected chi connectivity index (χ0v) is 18.0. The number of likely N-dealkylation sites (N-methyl/N-ethyl adjacent to an activating group) is 2. The van der Waals surface area contributed by atoms with Crippen molar-refractivity contribution in [3.05, 3.63) is 31.2 Å². The SMILES string of the molecule is COc1cc(C=CN(C)C(=O)C2CCCN2C)c(Br)c(Br)c1Br. The van der Waals surface area contributed by atoms with E-state index >= 15 is 0 Å². The van der Waals surface area contributed by atoms with Gasteiger partial charge in [-0.25, -0.2) is 0 Å². The summed E-state index contributed by atoms with van der Waals surface area (Å²) in [5.74, 6) is 0.852. The number of amides is 1. The number of methoxy groups -OCH3 is 1. The molecule has 1 aliphatic rings. The highest BCUT2D eigenvalue weighted by Crippen LogP contribution is 2.40. The van der Waals surface area contributed by atoms with E-state index in [1.807, 2.05) is 19.2 Å². The summed E-state index contributed by atoms with van der Waals surface area (Å²) in [6.45, 7) is 0.983. The van der Waals surface area contributed by atoms with E-state index in [4.69, 9.17) is 4.74 Å². The third-order valence-corrected chi connectivity index (χ3v) is 7.49. The maximum atomic E-state index is 12.5. The summed E-state index contributed by atoms with van der Waals surface area (Å²) >= 11 is 10.6. The van der Waals surface area contributed by atoms with Gasteiger partial charge in [0.15, 0.2) is 0 Å². The largest absolute Gasteiger partial charge is 0.496 e. The quantitative estimate of drug-likeness (QED) is 0.559.